The summed E-state index contributed by atoms with van der Waals surface area (Å²) in [7, 11) is -3.75. The van der Waals surface area contributed by atoms with Crippen LogP contribution in [0.4, 0.5) is 34.8 Å². The molecule has 0 bridgehead atoms. The summed E-state index contributed by atoms with van der Waals surface area (Å²) in [6, 6.07) is 5.91. The van der Waals surface area contributed by atoms with Crippen molar-refractivity contribution in [1.82, 2.24) is 15.0 Å². The lowest BCUT2D eigenvalue weighted by Crippen LogP contribution is -2.18. The van der Waals surface area contributed by atoms with Gasteiger partial charge in [0.15, 0.2) is 21.3 Å². The molecule has 1 aliphatic heterocycles. The molecular formula is C22H21F4N5O4S. The number of nitrogens with zero attached hydrogens (tertiary/aromatic N) is 2. The third kappa shape index (κ3) is 4.74. The van der Waals surface area contributed by atoms with Gasteiger partial charge in [-0.15, -0.1) is 0 Å². The van der Waals surface area contributed by atoms with Crippen LogP contribution < -0.4 is 10.6 Å². The molecule has 0 radical (unpaired) electrons. The van der Waals surface area contributed by atoms with Gasteiger partial charge >= 0.3 is 0 Å². The van der Waals surface area contributed by atoms with Crippen molar-refractivity contribution < 1.29 is 35.5 Å². The maximum Gasteiger partial charge on any atom is 0.295 e. The number of carbonyl (C=O) groups excluding carboxylic acids is 1. The van der Waals surface area contributed by atoms with Crippen molar-refractivity contribution in [2.45, 2.75) is 42.6 Å². The van der Waals surface area contributed by atoms with Crippen molar-refractivity contribution >= 4 is 44.1 Å². The van der Waals surface area contributed by atoms with Crippen LogP contribution in [-0.2, 0) is 19.4 Å². The van der Waals surface area contributed by atoms with Gasteiger partial charge in [-0.1, -0.05) is 6.07 Å². The molecule has 3 aromatic rings. The molecule has 0 spiro atoms. The number of alkyl halides is 4. The van der Waals surface area contributed by atoms with Crippen molar-refractivity contribution in [3.63, 3.8) is 0 Å². The molecule has 2 aliphatic rings. The molecule has 1 saturated heterocycles. The summed E-state index contributed by atoms with van der Waals surface area (Å²) in [5.74, 6) is -6.48. The third-order valence-electron chi connectivity index (χ3n) is 6.05. The van der Waals surface area contributed by atoms with Crippen LogP contribution in [0.15, 0.2) is 29.2 Å². The third-order valence-corrected chi connectivity index (χ3v) is 7.18. The Balaban J connectivity index is 1.55. The summed E-state index contributed by atoms with van der Waals surface area (Å²) in [5.41, 5.74) is 0.638. The van der Waals surface area contributed by atoms with Crippen molar-refractivity contribution in [3.05, 3.63) is 35.7 Å². The van der Waals surface area contributed by atoms with Gasteiger partial charge in [0.1, 0.15) is 17.3 Å². The van der Waals surface area contributed by atoms with Crippen LogP contribution in [-0.4, -0.2) is 48.1 Å². The summed E-state index contributed by atoms with van der Waals surface area (Å²) in [6.07, 6.45) is -1.18. The van der Waals surface area contributed by atoms with Gasteiger partial charge in [-0.3, -0.25) is 4.79 Å². The Morgan fingerprint density at radius 1 is 1.22 bits per heavy atom. The lowest BCUT2D eigenvalue weighted by molar-refractivity contribution is -0.119. The average Bonchev–Trinajstić information content (AvgIpc) is 3.19. The van der Waals surface area contributed by atoms with E-state index in [0.29, 0.717) is 12.2 Å². The van der Waals surface area contributed by atoms with E-state index in [9.17, 15) is 30.8 Å². The number of rotatable bonds is 7. The Morgan fingerprint density at radius 3 is 2.58 bits per heavy atom. The summed E-state index contributed by atoms with van der Waals surface area (Å²) < 4.78 is 84.0. The monoisotopic (exact) mass is 527 g/mol. The van der Waals surface area contributed by atoms with E-state index in [1.165, 1.54) is 18.2 Å². The number of ether oxygens (including phenoxy) is 1. The number of hydrogen-bond donors (Lipinski definition) is 3. The molecule has 14 heteroatoms. The first-order chi connectivity index (χ1) is 16.9. The largest absolute Gasteiger partial charge is 0.374 e. The van der Waals surface area contributed by atoms with Gasteiger partial charge < -0.3 is 20.4 Å². The predicted octanol–water partition coefficient (Wildman–Crippen LogP) is 4.49. The summed E-state index contributed by atoms with van der Waals surface area (Å²) >= 11 is 0. The van der Waals surface area contributed by atoms with Crippen molar-refractivity contribution in [2.75, 3.05) is 23.5 Å². The molecule has 192 valence electrons. The summed E-state index contributed by atoms with van der Waals surface area (Å²) in [5, 5.41) is 5.15. The minimum atomic E-state index is -3.75. The lowest BCUT2D eigenvalue weighted by Gasteiger charge is -2.16. The minimum Gasteiger partial charge on any atom is -0.374 e. The maximum atomic E-state index is 13.3. The van der Waals surface area contributed by atoms with Crippen LogP contribution in [0.1, 0.15) is 43.2 Å². The van der Waals surface area contributed by atoms with E-state index < -0.39 is 46.3 Å². The molecule has 5 rings (SSSR count). The molecule has 1 amide bonds. The van der Waals surface area contributed by atoms with E-state index in [0.717, 1.165) is 19.1 Å². The van der Waals surface area contributed by atoms with Crippen LogP contribution in [0, 0.1) is 5.92 Å². The zero-order chi connectivity index (χ0) is 25.8. The molecule has 3 N–H and O–H groups in total. The van der Waals surface area contributed by atoms with E-state index in [1.807, 2.05) is 0 Å². The zero-order valence-corrected chi connectivity index (χ0v) is 19.6. The lowest BCUT2D eigenvalue weighted by atomic mass is 10.1. The SMILES string of the molecule is CS(=O)(=O)c1cc(C2CCCO2)ccc1Nc1cc(NC(=O)[C@H]2CC2(F)F)nc2[nH]c(C(F)F)nc12. The fourth-order valence-corrected chi connectivity index (χ4v) is 4.99. The number of amides is 1. The number of carbonyl (C=O) groups is 1. The molecule has 2 aromatic heterocycles. The second-order valence-electron chi connectivity index (χ2n) is 8.84. The normalized spacial score (nSPS) is 21.2. The first-order valence-electron chi connectivity index (χ1n) is 11.0. The van der Waals surface area contributed by atoms with E-state index in [1.54, 1.807) is 6.07 Å². The number of aromatic nitrogens is 3. The van der Waals surface area contributed by atoms with E-state index in [-0.39, 0.29) is 39.4 Å². The van der Waals surface area contributed by atoms with Gasteiger partial charge in [0, 0.05) is 25.3 Å². The predicted molar refractivity (Wildman–Crippen MR) is 121 cm³/mol. The molecule has 3 heterocycles. The maximum absolute atomic E-state index is 13.3. The molecule has 1 aromatic carbocycles. The molecule has 9 nitrogen and oxygen atoms in total. The van der Waals surface area contributed by atoms with Crippen LogP contribution in [0.5, 0.6) is 0 Å². The number of pyridine rings is 1. The van der Waals surface area contributed by atoms with Crippen LogP contribution >= 0.6 is 0 Å². The number of anilines is 3. The quantitative estimate of drug-likeness (QED) is 0.387. The highest BCUT2D eigenvalue weighted by molar-refractivity contribution is 7.90. The van der Waals surface area contributed by atoms with E-state index >= 15 is 0 Å². The van der Waals surface area contributed by atoms with Crippen molar-refractivity contribution in [2.24, 2.45) is 5.92 Å². The minimum absolute atomic E-state index is 0.0378. The Morgan fingerprint density at radius 2 is 1.97 bits per heavy atom. The van der Waals surface area contributed by atoms with Crippen LogP contribution in [0.25, 0.3) is 11.2 Å². The van der Waals surface area contributed by atoms with Crippen LogP contribution in [0.3, 0.4) is 0 Å². The second kappa shape index (κ2) is 8.69. The first kappa shape index (κ1) is 24.4. The molecule has 1 saturated carbocycles. The van der Waals surface area contributed by atoms with Gasteiger partial charge in [0.05, 0.1) is 22.4 Å². The van der Waals surface area contributed by atoms with E-state index in [2.05, 4.69) is 25.6 Å². The smallest absolute Gasteiger partial charge is 0.295 e. The Bertz CT molecular complexity index is 1450. The molecule has 2 fully saturated rings. The molecule has 36 heavy (non-hydrogen) atoms. The van der Waals surface area contributed by atoms with Gasteiger partial charge in [0.2, 0.25) is 5.91 Å². The molecule has 1 aliphatic carbocycles. The molecule has 1 unspecified atom stereocenters. The summed E-state index contributed by atoms with van der Waals surface area (Å²) in [4.78, 5) is 22.3. The van der Waals surface area contributed by atoms with Gasteiger partial charge in [-0.2, -0.15) is 0 Å². The second-order valence-corrected chi connectivity index (χ2v) is 10.8. The number of benzene rings is 1. The van der Waals surface area contributed by atoms with E-state index in [4.69, 9.17) is 4.74 Å². The number of halogens is 4. The summed E-state index contributed by atoms with van der Waals surface area (Å²) in [6.45, 7) is 0.570. The molecular weight excluding hydrogens is 506 g/mol. The average molecular weight is 528 g/mol. The number of H-pyrrole nitrogens is 1. The topological polar surface area (TPSA) is 126 Å². The number of sulfone groups is 1. The Kier molecular flexibility index (Phi) is 5.90. The number of aromatic amines is 1. The standard InChI is InChI=1S/C22H21F4N5O4S/c1-36(33,34)15-7-10(14-3-2-6-35-14)4-5-12(15)27-13-8-16(29-21(32)11-9-22(11,25)26)28-19-17(13)30-20(31-19)18(23)24/h4-5,7-8,11,14,18H,2-3,6,9H2,1H3,(H3,27,28,29,30,31,32)/t11-,14?/m1/s1. The van der Waals surface area contributed by atoms with Gasteiger partial charge in [0.25, 0.3) is 12.3 Å². The highest BCUT2D eigenvalue weighted by atomic mass is 32.2. The number of imidazole rings is 1. The number of nitrogens with one attached hydrogen (secondary N) is 3. The highest BCUT2D eigenvalue weighted by Gasteiger charge is 2.61. The van der Waals surface area contributed by atoms with Crippen LogP contribution in [0.2, 0.25) is 0 Å². The van der Waals surface area contributed by atoms with Gasteiger partial charge in [-0.25, -0.2) is 35.9 Å². The Hall–Kier alpha value is -3.26. The zero-order valence-electron chi connectivity index (χ0n) is 18.8. The first-order valence-corrected chi connectivity index (χ1v) is 12.9. The fourth-order valence-electron chi connectivity index (χ4n) is 4.12. The number of fused-ring (bicyclic) bond motifs is 1. The van der Waals surface area contributed by atoms with Crippen molar-refractivity contribution in [3.8, 4) is 0 Å². The number of hydrogen-bond acceptors (Lipinski definition) is 7. The highest BCUT2D eigenvalue weighted by Crippen LogP contribution is 2.49. The fraction of sp³-hybridized carbons (Fsp3) is 0.409. The Labute approximate surface area is 202 Å². The van der Waals surface area contributed by atoms with Crippen molar-refractivity contribution in [1.29, 1.82) is 0 Å². The molecule has 2 atom stereocenters. The van der Waals surface area contributed by atoms with Gasteiger partial charge in [-0.05, 0) is 30.5 Å².